The predicted molar refractivity (Wildman–Crippen MR) is 362 cm³/mol. The second-order valence-corrected chi connectivity index (χ2v) is 25.2. The minimum atomic E-state index is -0.862. The van der Waals surface area contributed by atoms with Gasteiger partial charge in [-0.15, -0.1) is 0 Å². The number of Topliss-reactive ketones (excluding diaryl/α,β-unsaturated/α-hetero) is 1. The van der Waals surface area contributed by atoms with Crippen molar-refractivity contribution in [2.24, 2.45) is 11.5 Å². The molecule has 0 aliphatic carbocycles. The third-order valence-electron chi connectivity index (χ3n) is 15.1. The summed E-state index contributed by atoms with van der Waals surface area (Å²) in [4.78, 5) is 84.3. The first kappa shape index (κ1) is 73.7. The van der Waals surface area contributed by atoms with Crippen LogP contribution in [0.15, 0.2) is 133 Å². The molecule has 23 heteroatoms. The third kappa shape index (κ3) is 24.0. The van der Waals surface area contributed by atoms with Crippen molar-refractivity contribution in [1.29, 1.82) is 0 Å². The quantitative estimate of drug-likeness (QED) is 0.0353. The normalized spacial score (nSPS) is 14.1. The van der Waals surface area contributed by atoms with Gasteiger partial charge in [0, 0.05) is 159 Å². The number of ketones is 1. The summed E-state index contributed by atoms with van der Waals surface area (Å²) >= 11 is 24.9. The zero-order valence-corrected chi connectivity index (χ0v) is 55.8. The molecule has 2 fully saturated rings. The summed E-state index contributed by atoms with van der Waals surface area (Å²) in [6, 6.07) is 38.0. The highest BCUT2D eigenvalue weighted by atomic mass is 35.5. The minimum Gasteiger partial charge on any atom is -0.444 e. The van der Waals surface area contributed by atoms with E-state index >= 15 is 0 Å². The molecule has 0 spiro atoms. The van der Waals surface area contributed by atoms with Gasteiger partial charge in [-0.05, 0) is 112 Å². The summed E-state index contributed by atoms with van der Waals surface area (Å²) < 4.78 is 31.7. The lowest BCUT2D eigenvalue weighted by Crippen LogP contribution is -2.56. The van der Waals surface area contributed by atoms with Crippen molar-refractivity contribution in [3.63, 3.8) is 0 Å². The Morgan fingerprint density at radius 2 is 0.989 bits per heavy atom. The number of ether oxygens (including phenoxy) is 1. The maximum Gasteiger partial charge on any atom is 0.407 e. The first-order valence-electron chi connectivity index (χ1n) is 30.7. The Bertz CT molecular complexity index is 3440. The number of benzene rings is 6. The number of amides is 5. The fourth-order valence-electron chi connectivity index (χ4n) is 10.5. The van der Waals surface area contributed by atoms with Crippen molar-refractivity contribution in [2.45, 2.75) is 110 Å². The van der Waals surface area contributed by atoms with Gasteiger partial charge in [-0.2, -0.15) is 0 Å². The summed E-state index contributed by atoms with van der Waals surface area (Å²) in [5.74, 6) is -1.37. The largest absolute Gasteiger partial charge is 0.444 e. The van der Waals surface area contributed by atoms with Crippen LogP contribution in [0.5, 0.6) is 0 Å². The van der Waals surface area contributed by atoms with E-state index in [-0.39, 0.29) is 92.4 Å². The molecule has 0 bridgehead atoms. The molecule has 0 radical (unpaired) electrons. The second-order valence-electron chi connectivity index (χ2n) is 23.5. The highest BCUT2D eigenvalue weighted by Crippen LogP contribution is 2.28. The number of hydrogen-bond acceptors (Lipinski definition) is 12. The number of piperazine rings is 2. The molecule has 0 aromatic heterocycles. The average Bonchev–Trinajstić information content (AvgIpc) is 0.910. The van der Waals surface area contributed by atoms with Crippen LogP contribution in [0.25, 0.3) is 0 Å². The zero-order chi connectivity index (χ0) is 66.9. The molecule has 0 saturated carbocycles. The summed E-state index contributed by atoms with van der Waals surface area (Å²) in [6.07, 6.45) is 1.06. The summed E-state index contributed by atoms with van der Waals surface area (Å²) in [6.45, 7) is 14.3. The van der Waals surface area contributed by atoms with E-state index in [0.717, 1.165) is 28.9 Å². The Labute approximate surface area is 558 Å². The lowest BCUT2D eigenvalue weighted by Gasteiger charge is -2.38. The smallest absolute Gasteiger partial charge is 0.407 e. The van der Waals surface area contributed by atoms with Crippen LogP contribution >= 0.6 is 46.4 Å². The molecule has 2 saturated heterocycles. The van der Waals surface area contributed by atoms with E-state index in [4.69, 9.17) is 62.6 Å². The first-order valence-corrected chi connectivity index (χ1v) is 32.2. The topological polar surface area (TPSA) is 225 Å². The Hall–Kier alpha value is -7.36. The Kier molecular flexibility index (Phi) is 29.5. The zero-order valence-electron chi connectivity index (χ0n) is 52.7. The fourth-order valence-corrected chi connectivity index (χ4v) is 11.4. The van der Waals surface area contributed by atoms with Gasteiger partial charge in [-0.1, -0.05) is 131 Å². The van der Waals surface area contributed by atoms with Gasteiger partial charge >= 0.3 is 6.09 Å². The summed E-state index contributed by atoms with van der Waals surface area (Å²) in [7, 11) is 0. The maximum absolute atomic E-state index is 14.0. The van der Waals surface area contributed by atoms with E-state index < -0.39 is 23.8 Å². The molecular weight excluding hydrogens is 1260 g/mol. The van der Waals surface area contributed by atoms with Crippen molar-refractivity contribution in [3.8, 4) is 0 Å². The van der Waals surface area contributed by atoms with Crippen molar-refractivity contribution >= 4 is 93.3 Å². The van der Waals surface area contributed by atoms with Gasteiger partial charge in [0.15, 0.2) is 0 Å². The molecule has 5 amide bonds. The van der Waals surface area contributed by atoms with Crippen LogP contribution in [-0.2, 0) is 67.5 Å². The summed E-state index contributed by atoms with van der Waals surface area (Å²) in [5, 5.41) is 13.5. The molecule has 6 aromatic carbocycles. The first-order chi connectivity index (χ1) is 43.9. The Balaban J connectivity index is 0.000000257. The van der Waals surface area contributed by atoms with Crippen molar-refractivity contribution in [1.82, 2.24) is 31.1 Å². The van der Waals surface area contributed by atoms with Crippen molar-refractivity contribution in [3.05, 3.63) is 199 Å². The van der Waals surface area contributed by atoms with Crippen LogP contribution in [0.1, 0.15) is 80.8 Å². The van der Waals surface area contributed by atoms with E-state index in [1.165, 1.54) is 17.7 Å². The lowest BCUT2D eigenvalue weighted by atomic mass is 10.0. The number of hydrogen-bond donors (Lipinski definition) is 6. The molecule has 8 rings (SSSR count). The number of carbonyl (C=O) groups is 6. The number of para-hydroxylation sites is 2. The van der Waals surface area contributed by atoms with Gasteiger partial charge in [-0.25, -0.2) is 13.6 Å². The van der Waals surface area contributed by atoms with Crippen LogP contribution in [0, 0.1) is 11.6 Å². The number of alkyl carbamates (subject to hydrolysis) is 1. The summed E-state index contributed by atoms with van der Waals surface area (Å²) in [5.41, 5.74) is 17.0. The lowest BCUT2D eigenvalue weighted by molar-refractivity contribution is -0.136. The number of nitrogens with zero attached hydrogens (tertiary/aromatic N) is 4. The maximum atomic E-state index is 14.0. The van der Waals surface area contributed by atoms with Gasteiger partial charge in [0.25, 0.3) is 0 Å². The molecule has 8 N–H and O–H groups in total. The van der Waals surface area contributed by atoms with Crippen molar-refractivity contribution < 1.29 is 42.3 Å². The Morgan fingerprint density at radius 3 is 1.42 bits per heavy atom. The number of halogens is 6. The van der Waals surface area contributed by atoms with E-state index in [1.807, 2.05) is 42.5 Å². The van der Waals surface area contributed by atoms with Gasteiger partial charge in [0.1, 0.15) is 35.1 Å². The minimum absolute atomic E-state index is 0.0297. The molecule has 2 heterocycles. The van der Waals surface area contributed by atoms with E-state index in [2.05, 4.69) is 50.1 Å². The van der Waals surface area contributed by atoms with Crippen LogP contribution in [0.4, 0.5) is 25.0 Å². The highest BCUT2D eigenvalue weighted by molar-refractivity contribution is 6.35. The van der Waals surface area contributed by atoms with Gasteiger partial charge < -0.3 is 57.1 Å². The van der Waals surface area contributed by atoms with Gasteiger partial charge in [-0.3, -0.25) is 24.0 Å². The van der Waals surface area contributed by atoms with Crippen molar-refractivity contribution in [2.75, 3.05) is 75.2 Å². The second kappa shape index (κ2) is 36.8. The molecule has 2 aliphatic rings. The molecule has 92 heavy (non-hydrogen) atoms. The number of nitrogens with one attached hydrogen (secondary N) is 4. The highest BCUT2D eigenvalue weighted by Gasteiger charge is 2.32. The molecule has 1 unspecified atom stereocenters. The molecule has 2 aliphatic heterocycles. The SMILES string of the molecule is CC(=O)Cc1ccccc1N1CCN(C(=O)[C@@H](Cc2ccc(Cl)cc2Cl)NC(=O)CCNC(=O)OC(C)(C)C)CC1.CC(Cc1ccccc1N1CCN(C(=O)[C@@H](Cc2ccc(Cl)cc2Cl)NC(=O)CCN)CC1)NCc1ccccc1F.NCc1ccccc1F. The van der Waals surface area contributed by atoms with E-state index in [9.17, 15) is 37.5 Å². The molecule has 6 aromatic rings. The van der Waals surface area contributed by atoms with Gasteiger partial charge in [0.05, 0.1) is 0 Å². The van der Waals surface area contributed by atoms with E-state index in [1.54, 1.807) is 104 Å². The van der Waals surface area contributed by atoms with Crippen LogP contribution in [-0.4, -0.2) is 134 Å². The standard InChI is InChI=1S/C32H38Cl2FN5O2.C30H38Cl2N4O5.C7H8FN/c1-22(37-21-25-7-2-4-8-28(25)35)18-24-6-3-5-9-30(24)39-14-16-40(17-15-39)32(42)29(38-31(41)12-13-36)19-23-10-11-26(33)20-27(23)34;1-20(37)17-22-7-5-6-8-26(22)35-13-15-36(16-14-35)28(39)25(18-21-9-10-23(31)19-24(21)32)34-27(38)11-12-33-29(40)41-30(2,3)4;8-7-4-2-1-3-6(7)5-9/h2-11,20,22,29,37H,12-19,21,36H2,1H3,(H,38,41);5-10,19,25H,11-18H2,1-4H3,(H,33,40)(H,34,38);1-4H,5,9H2/t22?,29-;25-;/m11./s1. The Morgan fingerprint density at radius 1 is 0.554 bits per heavy atom. The molecular formula is C69H84Cl4F2N10O7. The fraction of sp³-hybridized carbons (Fsp3) is 0.391. The molecule has 3 atom stereocenters. The van der Waals surface area contributed by atoms with E-state index in [0.29, 0.717) is 102 Å². The van der Waals surface area contributed by atoms with Crippen LogP contribution in [0.2, 0.25) is 20.1 Å². The average molecular weight is 1350 g/mol. The number of nitrogens with two attached hydrogens (primary N) is 2. The monoisotopic (exact) mass is 1340 g/mol. The van der Waals surface area contributed by atoms with Crippen LogP contribution in [0.3, 0.4) is 0 Å². The van der Waals surface area contributed by atoms with Crippen LogP contribution < -0.4 is 42.5 Å². The number of rotatable bonds is 23. The molecule has 494 valence electrons. The number of carbonyl (C=O) groups excluding carboxylic acids is 6. The number of anilines is 2. The molecule has 17 nitrogen and oxygen atoms in total. The predicted octanol–water partition coefficient (Wildman–Crippen LogP) is 10.3. The third-order valence-corrected chi connectivity index (χ3v) is 16.3. The van der Waals surface area contributed by atoms with Gasteiger partial charge in [0.2, 0.25) is 23.6 Å².